The molecule has 0 aliphatic carbocycles. The molecule has 35 heavy (non-hydrogen) atoms. The van der Waals surface area contributed by atoms with Gasteiger partial charge < -0.3 is 9.84 Å². The van der Waals surface area contributed by atoms with E-state index >= 15 is 0 Å². The molecule has 1 N–H and O–H groups in total. The van der Waals surface area contributed by atoms with Crippen LogP contribution < -0.4 is 9.64 Å². The van der Waals surface area contributed by atoms with Gasteiger partial charge in [0, 0.05) is 10.4 Å². The number of Topliss-reactive ketones (excluding diaryl/α,β-unsaturated/α-hetero) is 1. The monoisotopic (exact) mass is 504 g/mol. The number of aryl methyl sites for hydroxylation is 2. The summed E-state index contributed by atoms with van der Waals surface area (Å²) in [7, 11) is 0. The van der Waals surface area contributed by atoms with Crippen LogP contribution in [0.25, 0.3) is 16.0 Å². The summed E-state index contributed by atoms with van der Waals surface area (Å²) < 4.78 is 6.57. The largest absolute Gasteiger partial charge is 0.507 e. The third-order valence-electron chi connectivity index (χ3n) is 5.88. The number of aliphatic hydroxyl groups excluding tert-OH is 1. The van der Waals surface area contributed by atoms with Crippen molar-refractivity contribution < 1.29 is 19.4 Å². The summed E-state index contributed by atoms with van der Waals surface area (Å²) in [5.41, 5.74) is 3.44. The van der Waals surface area contributed by atoms with E-state index in [-0.39, 0.29) is 11.3 Å². The van der Waals surface area contributed by atoms with E-state index in [4.69, 9.17) is 9.72 Å². The smallest absolute Gasteiger partial charge is 0.301 e. The number of hydrogen-bond acceptors (Lipinski definition) is 7. The molecule has 2 aromatic heterocycles. The van der Waals surface area contributed by atoms with E-state index in [0.29, 0.717) is 23.1 Å². The summed E-state index contributed by atoms with van der Waals surface area (Å²) in [6, 6.07) is 13.9. The van der Waals surface area contributed by atoms with Crippen LogP contribution in [0, 0.1) is 13.8 Å². The topological polar surface area (TPSA) is 79.7 Å². The number of hydrogen-bond donors (Lipinski definition) is 1. The molecule has 4 aromatic rings. The first-order valence-electron chi connectivity index (χ1n) is 11.3. The third-order valence-corrected chi connectivity index (χ3v) is 7.81. The molecule has 178 valence electrons. The Balaban J connectivity index is 1.63. The Labute approximate surface area is 211 Å². The fourth-order valence-corrected chi connectivity index (χ4v) is 6.28. The summed E-state index contributed by atoms with van der Waals surface area (Å²) in [6.45, 7) is 6.62. The molecule has 5 rings (SSSR count). The Morgan fingerprint density at radius 3 is 2.60 bits per heavy atom. The number of thiophene rings is 1. The second-order valence-corrected chi connectivity index (χ2v) is 10.5. The van der Waals surface area contributed by atoms with Crippen molar-refractivity contribution in [3.63, 3.8) is 0 Å². The number of ether oxygens (including phenoxy) is 1. The van der Waals surface area contributed by atoms with Crippen LogP contribution in [-0.4, -0.2) is 28.4 Å². The van der Waals surface area contributed by atoms with Gasteiger partial charge in [-0.05, 0) is 73.2 Å². The SMILES string of the molecule is CCCOc1ccc(C(O)=C2C(=O)C(=O)N(c3nc4c(C)cc(C)cc4s3)C2c2cccs2)cc1. The maximum absolute atomic E-state index is 13.3. The fraction of sp³-hybridized carbons (Fsp3) is 0.222. The van der Waals surface area contributed by atoms with E-state index in [1.807, 2.05) is 50.4 Å². The molecular weight excluding hydrogens is 480 g/mol. The van der Waals surface area contributed by atoms with E-state index in [0.717, 1.165) is 32.6 Å². The normalized spacial score (nSPS) is 17.5. The molecule has 1 aliphatic rings. The van der Waals surface area contributed by atoms with E-state index in [1.54, 1.807) is 24.3 Å². The summed E-state index contributed by atoms with van der Waals surface area (Å²) >= 11 is 2.80. The summed E-state index contributed by atoms with van der Waals surface area (Å²) in [6.07, 6.45) is 0.886. The highest BCUT2D eigenvalue weighted by molar-refractivity contribution is 7.22. The van der Waals surface area contributed by atoms with Crippen LogP contribution in [0.15, 0.2) is 59.5 Å². The van der Waals surface area contributed by atoms with Crippen molar-refractivity contribution in [3.8, 4) is 5.75 Å². The second kappa shape index (κ2) is 9.28. The van der Waals surface area contributed by atoms with Gasteiger partial charge in [-0.3, -0.25) is 14.5 Å². The van der Waals surface area contributed by atoms with Crippen LogP contribution in [0.2, 0.25) is 0 Å². The van der Waals surface area contributed by atoms with Crippen molar-refractivity contribution in [2.24, 2.45) is 0 Å². The van der Waals surface area contributed by atoms with Gasteiger partial charge in [0.15, 0.2) is 5.13 Å². The zero-order valence-electron chi connectivity index (χ0n) is 19.6. The van der Waals surface area contributed by atoms with Crippen molar-refractivity contribution in [1.29, 1.82) is 0 Å². The lowest BCUT2D eigenvalue weighted by Gasteiger charge is -2.21. The number of aromatic nitrogens is 1. The molecule has 6 nitrogen and oxygen atoms in total. The molecule has 2 aromatic carbocycles. The van der Waals surface area contributed by atoms with Gasteiger partial charge in [-0.15, -0.1) is 11.3 Å². The first-order valence-corrected chi connectivity index (χ1v) is 13.0. The number of benzene rings is 2. The number of amides is 1. The number of fused-ring (bicyclic) bond motifs is 1. The van der Waals surface area contributed by atoms with Crippen LogP contribution in [0.5, 0.6) is 5.75 Å². The highest BCUT2D eigenvalue weighted by Crippen LogP contribution is 2.45. The number of anilines is 1. The minimum atomic E-state index is -0.756. The van der Waals surface area contributed by atoms with Crippen LogP contribution in [0.3, 0.4) is 0 Å². The standard InChI is InChI=1S/C27H24N2O4S2/c1-4-11-33-18-9-7-17(8-10-18)24(30)21-23(19-6-5-12-34-19)29(26(32)25(21)31)27-28-22-16(3)13-15(2)14-20(22)35-27/h5-10,12-14,23,30H,4,11H2,1-3H3. The molecule has 1 amide bonds. The highest BCUT2D eigenvalue weighted by Gasteiger charge is 2.48. The lowest BCUT2D eigenvalue weighted by atomic mass is 10.00. The van der Waals surface area contributed by atoms with Crippen LogP contribution >= 0.6 is 22.7 Å². The summed E-state index contributed by atoms with van der Waals surface area (Å²) in [5, 5.41) is 13.6. The Bertz CT molecular complexity index is 1450. The molecule has 1 aliphatic heterocycles. The molecule has 0 radical (unpaired) electrons. The van der Waals surface area contributed by atoms with E-state index in [1.165, 1.54) is 27.6 Å². The van der Waals surface area contributed by atoms with Crippen molar-refractivity contribution in [1.82, 2.24) is 4.98 Å². The van der Waals surface area contributed by atoms with Gasteiger partial charge in [-0.2, -0.15) is 0 Å². The zero-order valence-corrected chi connectivity index (χ0v) is 21.2. The highest BCUT2D eigenvalue weighted by atomic mass is 32.1. The number of ketones is 1. The van der Waals surface area contributed by atoms with Crippen molar-refractivity contribution in [2.75, 3.05) is 11.5 Å². The lowest BCUT2D eigenvalue weighted by Crippen LogP contribution is -2.28. The quantitative estimate of drug-likeness (QED) is 0.187. The molecule has 0 saturated carbocycles. The van der Waals surface area contributed by atoms with Gasteiger partial charge in [-0.1, -0.05) is 30.4 Å². The summed E-state index contributed by atoms with van der Waals surface area (Å²) in [4.78, 5) is 33.6. The Hall–Kier alpha value is -3.49. The van der Waals surface area contributed by atoms with Gasteiger partial charge in [0.05, 0.1) is 22.4 Å². The molecule has 1 saturated heterocycles. The number of rotatable bonds is 6. The molecule has 8 heteroatoms. The minimum absolute atomic E-state index is 0.0619. The van der Waals surface area contributed by atoms with E-state index < -0.39 is 17.7 Å². The van der Waals surface area contributed by atoms with E-state index in [2.05, 4.69) is 0 Å². The Morgan fingerprint density at radius 2 is 1.91 bits per heavy atom. The van der Waals surface area contributed by atoms with Crippen molar-refractivity contribution in [3.05, 3.63) is 81.1 Å². The number of thiazole rings is 1. The first kappa shape index (κ1) is 23.3. The average Bonchev–Trinajstić information content (AvgIpc) is 3.57. The van der Waals surface area contributed by atoms with Crippen LogP contribution in [0.1, 0.15) is 41.0 Å². The second-order valence-electron chi connectivity index (χ2n) is 8.48. The van der Waals surface area contributed by atoms with E-state index in [9.17, 15) is 14.7 Å². The fourth-order valence-electron chi connectivity index (χ4n) is 4.29. The van der Waals surface area contributed by atoms with Crippen molar-refractivity contribution >= 4 is 55.5 Å². The lowest BCUT2D eigenvalue weighted by molar-refractivity contribution is -0.132. The predicted octanol–water partition coefficient (Wildman–Crippen LogP) is 6.39. The van der Waals surface area contributed by atoms with Crippen molar-refractivity contribution in [2.45, 2.75) is 33.2 Å². The molecule has 1 atom stereocenters. The molecule has 3 heterocycles. The predicted molar refractivity (Wildman–Crippen MR) is 140 cm³/mol. The maximum Gasteiger partial charge on any atom is 0.301 e. The molecular formula is C27H24N2O4S2. The average molecular weight is 505 g/mol. The van der Waals surface area contributed by atoms with Gasteiger partial charge in [0.1, 0.15) is 17.6 Å². The van der Waals surface area contributed by atoms with Gasteiger partial charge in [0.2, 0.25) is 0 Å². The maximum atomic E-state index is 13.3. The number of aliphatic hydroxyl groups is 1. The van der Waals surface area contributed by atoms with Gasteiger partial charge in [0.25, 0.3) is 5.78 Å². The number of carbonyl (C=O) groups is 2. The summed E-state index contributed by atoms with van der Waals surface area (Å²) in [5.74, 6) is -0.945. The number of nitrogens with zero attached hydrogens (tertiary/aromatic N) is 2. The van der Waals surface area contributed by atoms with Crippen LogP contribution in [0.4, 0.5) is 5.13 Å². The molecule has 1 unspecified atom stereocenters. The van der Waals surface area contributed by atoms with Gasteiger partial charge in [-0.25, -0.2) is 4.98 Å². The first-order chi connectivity index (χ1) is 16.9. The Kier molecular flexibility index (Phi) is 6.17. The molecule has 0 bridgehead atoms. The minimum Gasteiger partial charge on any atom is -0.507 e. The van der Waals surface area contributed by atoms with Gasteiger partial charge >= 0.3 is 5.91 Å². The number of carbonyl (C=O) groups excluding carboxylic acids is 2. The van der Waals surface area contributed by atoms with Crippen LogP contribution in [-0.2, 0) is 9.59 Å². The molecule has 0 spiro atoms. The third kappa shape index (κ3) is 4.13. The Morgan fingerprint density at radius 1 is 1.14 bits per heavy atom. The molecule has 1 fully saturated rings. The zero-order chi connectivity index (χ0) is 24.7.